The summed E-state index contributed by atoms with van der Waals surface area (Å²) in [6, 6.07) is 31.2. The Morgan fingerprint density at radius 3 is 2.13 bits per heavy atom. The number of ether oxygens (including phenoxy) is 2. The van der Waals surface area contributed by atoms with Crippen molar-refractivity contribution in [3.63, 3.8) is 0 Å². The number of amides is 2. The molecule has 0 aromatic heterocycles. The number of carboxylic acid groups (broad SMARTS) is 1. The summed E-state index contributed by atoms with van der Waals surface area (Å²) in [5.74, 6) is 1.88. The van der Waals surface area contributed by atoms with E-state index in [0.717, 1.165) is 70.4 Å². The number of rotatable bonds is 11. The number of urea groups is 1. The highest BCUT2D eigenvalue weighted by Crippen LogP contribution is 2.55. The van der Waals surface area contributed by atoms with Gasteiger partial charge in [-0.15, -0.1) is 11.8 Å². The SMILES string of the molecule is CC1C(CSc2ccccc2C(=O)O)OC(c2ccc(-c3ccccc3CNC(=O)NC34CC5CC(CC(C5)C3)C4)cc2)OC1c1ccc(CO)cc1. The normalized spacial score (nSPS) is 28.8. The lowest BCUT2D eigenvalue weighted by Gasteiger charge is -2.56. The average molecular weight is 733 g/mol. The first-order valence-electron chi connectivity index (χ1n) is 19.0. The molecule has 0 spiro atoms. The largest absolute Gasteiger partial charge is 0.478 e. The summed E-state index contributed by atoms with van der Waals surface area (Å²) in [6.07, 6.45) is 6.24. The lowest BCUT2D eigenvalue weighted by atomic mass is 9.53. The molecule has 1 saturated heterocycles. The minimum Gasteiger partial charge on any atom is -0.478 e. The number of benzene rings is 4. The zero-order valence-electron chi connectivity index (χ0n) is 30.1. The van der Waals surface area contributed by atoms with Crippen LogP contribution in [0.4, 0.5) is 4.79 Å². The maximum absolute atomic E-state index is 13.3. The van der Waals surface area contributed by atoms with Gasteiger partial charge in [-0.3, -0.25) is 0 Å². The molecule has 8 nitrogen and oxygen atoms in total. The molecule has 1 aliphatic heterocycles. The zero-order valence-corrected chi connectivity index (χ0v) is 30.9. The van der Waals surface area contributed by atoms with Gasteiger partial charge in [0.25, 0.3) is 0 Å². The minimum atomic E-state index is -0.952. The van der Waals surface area contributed by atoms with E-state index in [9.17, 15) is 19.8 Å². The first-order chi connectivity index (χ1) is 25.8. The van der Waals surface area contributed by atoms with E-state index in [0.29, 0.717) is 17.2 Å². The van der Waals surface area contributed by atoms with Crippen LogP contribution in [-0.2, 0) is 22.6 Å². The molecule has 2 amide bonds. The lowest BCUT2D eigenvalue weighted by molar-refractivity contribution is -0.268. The molecule has 4 bridgehead atoms. The van der Waals surface area contributed by atoms with E-state index in [2.05, 4.69) is 41.8 Å². The zero-order chi connectivity index (χ0) is 36.5. The van der Waals surface area contributed by atoms with E-state index in [1.54, 1.807) is 12.1 Å². The number of aliphatic hydroxyl groups excluding tert-OH is 1. The van der Waals surface area contributed by atoms with E-state index >= 15 is 0 Å². The van der Waals surface area contributed by atoms with Crippen molar-refractivity contribution in [2.24, 2.45) is 23.7 Å². The number of nitrogens with one attached hydrogen (secondary N) is 2. The molecule has 4 aliphatic carbocycles. The summed E-state index contributed by atoms with van der Waals surface area (Å²) in [5.41, 5.74) is 6.09. The van der Waals surface area contributed by atoms with Crippen LogP contribution in [-0.4, -0.2) is 39.6 Å². The standard InChI is InChI=1S/C44H48N2O6S/c1-27-38(26-53-39-9-5-4-8-37(39)41(48)49)51-42(52-40(27)33-12-10-28(25-47)11-13-33)34-16-14-32(15-17-34)36-7-3-2-6-35(36)24-45-43(50)46-44-21-29-18-30(22-44)20-31(19-29)23-44/h2-17,27,29-31,38,40,42,47H,18-26H2,1H3,(H,48,49)(H2,45,46,50). The van der Waals surface area contributed by atoms with Crippen molar-refractivity contribution in [1.29, 1.82) is 0 Å². The van der Waals surface area contributed by atoms with Crippen LogP contribution in [0.15, 0.2) is 102 Å². The number of hydrogen-bond donors (Lipinski definition) is 4. The van der Waals surface area contributed by atoms with Gasteiger partial charge >= 0.3 is 12.0 Å². The molecule has 276 valence electrons. The number of thioether (sulfide) groups is 1. The van der Waals surface area contributed by atoms with Crippen LogP contribution in [0.2, 0.25) is 0 Å². The number of aliphatic hydroxyl groups is 1. The van der Waals surface area contributed by atoms with E-state index in [4.69, 9.17) is 9.47 Å². The summed E-state index contributed by atoms with van der Waals surface area (Å²) in [5, 5.41) is 26.0. The second kappa shape index (κ2) is 15.3. The molecule has 5 aliphatic rings. The second-order valence-corrected chi connectivity index (χ2v) is 16.8. The Kier molecular flexibility index (Phi) is 10.4. The van der Waals surface area contributed by atoms with Crippen molar-refractivity contribution in [2.45, 2.75) is 87.5 Å². The van der Waals surface area contributed by atoms with E-state index in [1.807, 2.05) is 60.7 Å². The van der Waals surface area contributed by atoms with Crippen LogP contribution < -0.4 is 10.6 Å². The average Bonchev–Trinajstić information content (AvgIpc) is 3.16. The van der Waals surface area contributed by atoms with Crippen molar-refractivity contribution < 1.29 is 29.3 Å². The highest BCUT2D eigenvalue weighted by Gasteiger charge is 2.51. The molecule has 9 rings (SSSR count). The monoisotopic (exact) mass is 732 g/mol. The van der Waals surface area contributed by atoms with E-state index in [1.165, 1.54) is 31.0 Å². The summed E-state index contributed by atoms with van der Waals surface area (Å²) < 4.78 is 13.3. The Morgan fingerprint density at radius 2 is 1.45 bits per heavy atom. The van der Waals surface area contributed by atoms with Crippen molar-refractivity contribution in [1.82, 2.24) is 10.6 Å². The van der Waals surface area contributed by atoms with Gasteiger partial charge < -0.3 is 30.3 Å². The van der Waals surface area contributed by atoms with Gasteiger partial charge in [-0.25, -0.2) is 9.59 Å². The Hall–Kier alpha value is -4.15. The molecule has 4 N–H and O–H groups in total. The fourth-order valence-electron chi connectivity index (χ4n) is 9.75. The minimum absolute atomic E-state index is 0.0300. The number of carbonyl (C=O) groups excluding carboxylic acids is 1. The molecule has 4 unspecified atom stereocenters. The third-order valence-corrected chi connectivity index (χ3v) is 13.2. The molecule has 53 heavy (non-hydrogen) atoms. The van der Waals surface area contributed by atoms with Gasteiger partial charge in [-0.1, -0.05) is 91.9 Å². The quantitative estimate of drug-likeness (QED) is 0.114. The second-order valence-electron chi connectivity index (χ2n) is 15.7. The van der Waals surface area contributed by atoms with Gasteiger partial charge in [0.15, 0.2) is 6.29 Å². The van der Waals surface area contributed by atoms with Gasteiger partial charge in [0.1, 0.15) is 0 Å². The summed E-state index contributed by atoms with van der Waals surface area (Å²) in [4.78, 5) is 25.9. The lowest BCUT2D eigenvalue weighted by Crippen LogP contribution is -2.61. The molecule has 9 heteroatoms. The molecular formula is C44H48N2O6S. The molecule has 1 heterocycles. The Bertz CT molecular complexity index is 1900. The molecule has 4 aromatic rings. The fourth-order valence-corrected chi connectivity index (χ4v) is 11.0. The van der Waals surface area contributed by atoms with Crippen LogP contribution in [0, 0.1) is 23.7 Å². The van der Waals surface area contributed by atoms with Crippen molar-refractivity contribution in [2.75, 3.05) is 5.75 Å². The van der Waals surface area contributed by atoms with E-state index < -0.39 is 12.3 Å². The van der Waals surface area contributed by atoms with Crippen LogP contribution in [0.3, 0.4) is 0 Å². The predicted molar refractivity (Wildman–Crippen MR) is 205 cm³/mol. The topological polar surface area (TPSA) is 117 Å². The van der Waals surface area contributed by atoms with Crippen molar-refractivity contribution in [3.05, 3.63) is 125 Å². The number of carbonyl (C=O) groups is 2. The maximum atomic E-state index is 13.3. The molecule has 4 saturated carbocycles. The summed E-state index contributed by atoms with van der Waals surface area (Å²) in [7, 11) is 0. The summed E-state index contributed by atoms with van der Waals surface area (Å²) >= 11 is 1.48. The summed E-state index contributed by atoms with van der Waals surface area (Å²) in [6.45, 7) is 2.51. The number of aromatic carboxylic acids is 1. The Morgan fingerprint density at radius 1 is 0.811 bits per heavy atom. The van der Waals surface area contributed by atoms with Crippen molar-refractivity contribution >= 4 is 23.8 Å². The highest BCUT2D eigenvalue weighted by atomic mass is 32.2. The number of carboxylic acids is 1. The molecule has 4 atom stereocenters. The van der Waals surface area contributed by atoms with Crippen LogP contribution in [0.1, 0.15) is 90.5 Å². The molecule has 5 fully saturated rings. The number of hydrogen-bond acceptors (Lipinski definition) is 6. The maximum Gasteiger partial charge on any atom is 0.336 e. The Labute approximate surface area is 315 Å². The molecule has 4 aromatic carbocycles. The predicted octanol–water partition coefficient (Wildman–Crippen LogP) is 8.90. The third-order valence-electron chi connectivity index (χ3n) is 12.0. The Balaban J connectivity index is 0.974. The first-order valence-corrected chi connectivity index (χ1v) is 19.9. The first kappa shape index (κ1) is 35.9. The van der Waals surface area contributed by atoms with Gasteiger partial charge in [0, 0.05) is 34.2 Å². The van der Waals surface area contributed by atoms with Gasteiger partial charge in [0.2, 0.25) is 0 Å². The van der Waals surface area contributed by atoms with Gasteiger partial charge in [-0.05, 0) is 96.2 Å². The van der Waals surface area contributed by atoms with E-state index in [-0.39, 0.29) is 41.9 Å². The van der Waals surface area contributed by atoms with Crippen LogP contribution >= 0.6 is 11.8 Å². The van der Waals surface area contributed by atoms with Crippen LogP contribution in [0.5, 0.6) is 0 Å². The smallest absolute Gasteiger partial charge is 0.336 e. The van der Waals surface area contributed by atoms with Crippen molar-refractivity contribution in [3.8, 4) is 11.1 Å². The van der Waals surface area contributed by atoms with Gasteiger partial charge in [0.05, 0.1) is 24.4 Å². The van der Waals surface area contributed by atoms with Crippen LogP contribution in [0.25, 0.3) is 11.1 Å². The fraction of sp³-hybridized carbons (Fsp3) is 0.409. The third kappa shape index (κ3) is 7.76. The molecular weight excluding hydrogens is 685 g/mol. The molecule has 0 radical (unpaired) electrons. The van der Waals surface area contributed by atoms with Gasteiger partial charge in [-0.2, -0.15) is 0 Å². The highest BCUT2D eigenvalue weighted by molar-refractivity contribution is 7.99.